The summed E-state index contributed by atoms with van der Waals surface area (Å²) in [7, 11) is -4.02. The van der Waals surface area contributed by atoms with Crippen molar-refractivity contribution in [3.63, 3.8) is 0 Å². The number of aliphatic carboxylic acids is 1. The lowest BCUT2D eigenvalue weighted by Gasteiger charge is -2.18. The molecule has 0 fully saturated rings. The molecule has 1 aliphatic heterocycles. The fraction of sp³-hybridized carbons (Fsp3) is 0.111. The summed E-state index contributed by atoms with van der Waals surface area (Å²) in [5, 5.41) is 18.4. The van der Waals surface area contributed by atoms with Crippen LogP contribution >= 0.6 is 0 Å². The number of rotatable bonds is 1. The van der Waals surface area contributed by atoms with E-state index in [1.165, 1.54) is 24.3 Å². The zero-order chi connectivity index (χ0) is 11.9. The number of carboxylic acids is 1. The van der Waals surface area contributed by atoms with Gasteiger partial charge in [-0.05, 0) is 6.07 Å². The molecule has 0 bridgehead atoms. The van der Waals surface area contributed by atoms with Crippen LogP contribution in [0.2, 0.25) is 0 Å². The minimum absolute atomic E-state index is 0.0369. The molecule has 0 aromatic heterocycles. The lowest BCUT2D eigenvalue weighted by Crippen LogP contribution is -2.28. The van der Waals surface area contributed by atoms with Crippen molar-refractivity contribution < 1.29 is 23.4 Å². The van der Waals surface area contributed by atoms with E-state index in [0.29, 0.717) is 0 Å². The largest absolute Gasteiger partial charge is 0.477 e. The number of sulfonamides is 1. The van der Waals surface area contributed by atoms with Crippen LogP contribution in [0, 0.1) is 0 Å². The minimum atomic E-state index is -4.02. The van der Waals surface area contributed by atoms with Crippen LogP contribution in [0.5, 0.6) is 0 Å². The number of hydrogen-bond acceptors (Lipinski definition) is 4. The first-order chi connectivity index (χ1) is 7.43. The molecule has 0 spiro atoms. The number of fused-ring (bicyclic) bond motifs is 1. The van der Waals surface area contributed by atoms with Crippen molar-refractivity contribution in [1.29, 1.82) is 0 Å². The molecule has 0 amide bonds. The van der Waals surface area contributed by atoms with Gasteiger partial charge in [0.15, 0.2) is 5.71 Å². The second kappa shape index (κ2) is 3.39. The van der Waals surface area contributed by atoms with Gasteiger partial charge in [0.25, 0.3) is 10.0 Å². The number of aliphatic hydroxyl groups is 1. The van der Waals surface area contributed by atoms with Gasteiger partial charge in [-0.3, -0.25) is 0 Å². The molecular formula is C9H7NO5S. The van der Waals surface area contributed by atoms with Crippen LogP contribution in [0.25, 0.3) is 0 Å². The van der Waals surface area contributed by atoms with Crippen LogP contribution in [0.3, 0.4) is 0 Å². The SMILES string of the molecule is O=C(O)C1=NS(=O)(=O)c2ccccc2C1O. The maximum atomic E-state index is 11.6. The minimum Gasteiger partial charge on any atom is -0.477 e. The molecule has 0 saturated heterocycles. The predicted octanol–water partition coefficient (Wildman–Crippen LogP) is -0.0521. The molecule has 1 heterocycles. The normalized spacial score (nSPS) is 22.1. The van der Waals surface area contributed by atoms with E-state index in [4.69, 9.17) is 5.11 Å². The molecule has 16 heavy (non-hydrogen) atoms. The Balaban J connectivity index is 2.74. The maximum absolute atomic E-state index is 11.6. The second-order valence-electron chi connectivity index (χ2n) is 3.20. The lowest BCUT2D eigenvalue weighted by molar-refractivity contribution is -0.129. The summed E-state index contributed by atoms with van der Waals surface area (Å²) < 4.78 is 26.2. The van der Waals surface area contributed by atoms with Crippen molar-refractivity contribution in [2.45, 2.75) is 11.0 Å². The number of nitrogens with zero attached hydrogens (tertiary/aromatic N) is 1. The molecular weight excluding hydrogens is 234 g/mol. The molecule has 2 N–H and O–H groups in total. The highest BCUT2D eigenvalue weighted by Crippen LogP contribution is 2.30. The van der Waals surface area contributed by atoms with Gasteiger partial charge in [-0.25, -0.2) is 4.79 Å². The van der Waals surface area contributed by atoms with Gasteiger partial charge in [-0.15, -0.1) is 0 Å². The third kappa shape index (κ3) is 1.50. The zero-order valence-electron chi connectivity index (χ0n) is 7.86. The topological polar surface area (TPSA) is 104 Å². The van der Waals surface area contributed by atoms with E-state index in [0.717, 1.165) is 0 Å². The van der Waals surface area contributed by atoms with Crippen LogP contribution < -0.4 is 0 Å². The van der Waals surface area contributed by atoms with E-state index in [-0.39, 0.29) is 10.5 Å². The van der Waals surface area contributed by atoms with E-state index in [1.807, 2.05) is 0 Å². The number of carboxylic acid groups (broad SMARTS) is 1. The van der Waals surface area contributed by atoms with Gasteiger partial charge in [0, 0.05) is 5.56 Å². The molecule has 0 aliphatic carbocycles. The van der Waals surface area contributed by atoms with Crippen molar-refractivity contribution >= 4 is 21.7 Å². The Morgan fingerprint density at radius 1 is 1.31 bits per heavy atom. The van der Waals surface area contributed by atoms with Gasteiger partial charge >= 0.3 is 5.97 Å². The van der Waals surface area contributed by atoms with Crippen molar-refractivity contribution in [3.8, 4) is 0 Å². The number of aliphatic hydroxyl groups excluding tert-OH is 1. The van der Waals surface area contributed by atoms with Crippen LogP contribution in [0.4, 0.5) is 0 Å². The van der Waals surface area contributed by atoms with Crippen molar-refractivity contribution in [3.05, 3.63) is 29.8 Å². The fourth-order valence-corrected chi connectivity index (χ4v) is 2.74. The number of carbonyl (C=O) groups is 1. The van der Waals surface area contributed by atoms with Gasteiger partial charge in [0.05, 0.1) is 4.90 Å². The summed E-state index contributed by atoms with van der Waals surface area (Å²) in [5.74, 6) is -1.55. The molecule has 0 radical (unpaired) electrons. The van der Waals surface area contributed by atoms with E-state index < -0.39 is 27.8 Å². The summed E-state index contributed by atoms with van der Waals surface area (Å²) in [6, 6.07) is 5.62. The highest BCUT2D eigenvalue weighted by molar-refractivity contribution is 7.90. The monoisotopic (exact) mass is 241 g/mol. The van der Waals surface area contributed by atoms with Crippen molar-refractivity contribution in [1.82, 2.24) is 0 Å². The van der Waals surface area contributed by atoms with Crippen LogP contribution in [0.1, 0.15) is 11.7 Å². The Kier molecular flexibility index (Phi) is 2.28. The lowest BCUT2D eigenvalue weighted by atomic mass is 10.1. The smallest absolute Gasteiger partial charge is 0.354 e. The van der Waals surface area contributed by atoms with Crippen LogP contribution in [-0.4, -0.2) is 30.3 Å². The van der Waals surface area contributed by atoms with Crippen molar-refractivity contribution in [2.24, 2.45) is 4.40 Å². The second-order valence-corrected chi connectivity index (χ2v) is 4.77. The summed E-state index contributed by atoms with van der Waals surface area (Å²) >= 11 is 0. The first kappa shape index (κ1) is 10.8. The average molecular weight is 241 g/mol. The third-order valence-electron chi connectivity index (χ3n) is 2.19. The summed E-state index contributed by atoms with van der Waals surface area (Å²) in [5.41, 5.74) is -0.742. The zero-order valence-corrected chi connectivity index (χ0v) is 8.68. The molecule has 1 atom stereocenters. The van der Waals surface area contributed by atoms with Gasteiger partial charge < -0.3 is 10.2 Å². The summed E-state index contributed by atoms with van der Waals surface area (Å²) in [4.78, 5) is 10.5. The van der Waals surface area contributed by atoms with E-state index in [1.54, 1.807) is 0 Å². The van der Waals surface area contributed by atoms with Crippen LogP contribution in [0.15, 0.2) is 33.6 Å². The standard InChI is InChI=1S/C9H7NO5S/c11-8-5-3-1-2-4-6(5)16(14,15)10-7(8)9(12)13/h1-4,8,11H,(H,12,13). The van der Waals surface area contributed by atoms with Crippen molar-refractivity contribution in [2.75, 3.05) is 0 Å². The van der Waals surface area contributed by atoms with E-state index in [9.17, 15) is 18.3 Å². The number of benzene rings is 1. The molecule has 0 saturated carbocycles. The first-order valence-corrected chi connectivity index (χ1v) is 5.72. The highest BCUT2D eigenvalue weighted by atomic mass is 32.2. The van der Waals surface area contributed by atoms with Gasteiger partial charge in [-0.2, -0.15) is 12.8 Å². The maximum Gasteiger partial charge on any atom is 0.354 e. The molecule has 6 nitrogen and oxygen atoms in total. The molecule has 1 aromatic rings. The predicted molar refractivity (Wildman–Crippen MR) is 53.7 cm³/mol. The first-order valence-electron chi connectivity index (χ1n) is 4.28. The Morgan fingerprint density at radius 3 is 2.56 bits per heavy atom. The molecule has 1 aromatic carbocycles. The van der Waals surface area contributed by atoms with E-state index >= 15 is 0 Å². The molecule has 84 valence electrons. The van der Waals surface area contributed by atoms with Gasteiger partial charge in [-0.1, -0.05) is 18.2 Å². The molecule has 1 aliphatic rings. The average Bonchev–Trinajstić information content (AvgIpc) is 2.23. The Morgan fingerprint density at radius 2 is 1.94 bits per heavy atom. The third-order valence-corrected chi connectivity index (χ3v) is 3.55. The Labute approximate surface area is 90.9 Å². The summed E-state index contributed by atoms with van der Waals surface area (Å²) in [6.45, 7) is 0. The van der Waals surface area contributed by atoms with Crippen LogP contribution in [-0.2, 0) is 14.8 Å². The molecule has 2 rings (SSSR count). The molecule has 1 unspecified atom stereocenters. The molecule has 7 heteroatoms. The Bertz CT molecular complexity index is 590. The van der Waals surface area contributed by atoms with E-state index in [2.05, 4.69) is 4.40 Å². The summed E-state index contributed by atoms with van der Waals surface area (Å²) in [6.07, 6.45) is -1.52. The number of hydrogen-bond donors (Lipinski definition) is 2. The fourth-order valence-electron chi connectivity index (χ4n) is 1.47. The quantitative estimate of drug-likeness (QED) is 0.717. The Hall–Kier alpha value is -1.73. The van der Waals surface area contributed by atoms with Gasteiger partial charge in [0.1, 0.15) is 6.10 Å². The van der Waals surface area contributed by atoms with Gasteiger partial charge in [0.2, 0.25) is 0 Å². The highest BCUT2D eigenvalue weighted by Gasteiger charge is 2.34.